The number of carbonyl (C=O) groups is 2. The molecule has 2 aromatic carbocycles. The van der Waals surface area contributed by atoms with Gasteiger partial charge in [-0.05, 0) is 36.4 Å². The first-order valence-corrected chi connectivity index (χ1v) is 8.89. The van der Waals surface area contributed by atoms with E-state index in [0.717, 1.165) is 0 Å². The van der Waals surface area contributed by atoms with Gasteiger partial charge in [-0.2, -0.15) is 5.10 Å². The number of amides is 1. The minimum absolute atomic E-state index is 0.336. The third-order valence-electron chi connectivity index (χ3n) is 4.17. The third kappa shape index (κ3) is 4.85. The van der Waals surface area contributed by atoms with Crippen molar-refractivity contribution in [3.05, 3.63) is 71.5 Å². The second kappa shape index (κ2) is 9.42. The molecule has 1 N–H and O–H groups in total. The zero-order chi connectivity index (χ0) is 21.5. The Bertz CT molecular complexity index is 1060. The van der Waals surface area contributed by atoms with Crippen LogP contribution in [0, 0.1) is 0 Å². The van der Waals surface area contributed by atoms with Crippen molar-refractivity contribution in [3.8, 4) is 22.8 Å². The van der Waals surface area contributed by atoms with E-state index in [1.807, 2.05) is 6.07 Å². The molecule has 30 heavy (non-hydrogen) atoms. The van der Waals surface area contributed by atoms with Gasteiger partial charge in [0.15, 0.2) is 0 Å². The van der Waals surface area contributed by atoms with Crippen LogP contribution in [-0.4, -0.2) is 39.4 Å². The Morgan fingerprint density at radius 1 is 0.933 bits per heavy atom. The maximum absolute atomic E-state index is 12.3. The molecule has 0 saturated carbocycles. The third-order valence-corrected chi connectivity index (χ3v) is 4.17. The lowest BCUT2D eigenvalue weighted by Gasteiger charge is -2.07. The summed E-state index contributed by atoms with van der Waals surface area (Å²) in [5.41, 5.74) is 3.90. The molecule has 3 aromatic rings. The summed E-state index contributed by atoms with van der Waals surface area (Å²) < 4.78 is 20.7. The van der Waals surface area contributed by atoms with Crippen LogP contribution >= 0.6 is 0 Å². The highest BCUT2D eigenvalue weighted by molar-refractivity contribution is 5.95. The van der Waals surface area contributed by atoms with Gasteiger partial charge in [0.1, 0.15) is 23.0 Å². The van der Waals surface area contributed by atoms with Crippen molar-refractivity contribution in [1.82, 2.24) is 5.43 Å². The summed E-state index contributed by atoms with van der Waals surface area (Å²) in [6, 6.07) is 15.1. The number of rotatable bonds is 7. The van der Waals surface area contributed by atoms with Crippen LogP contribution < -0.4 is 14.9 Å². The number of carbonyl (C=O) groups excluding carboxylic acids is 2. The van der Waals surface area contributed by atoms with Crippen molar-refractivity contribution in [2.75, 3.05) is 21.3 Å². The van der Waals surface area contributed by atoms with Crippen LogP contribution in [-0.2, 0) is 4.74 Å². The quantitative estimate of drug-likeness (QED) is 0.365. The maximum Gasteiger partial charge on any atom is 0.337 e. The number of methoxy groups -OCH3 is 3. The summed E-state index contributed by atoms with van der Waals surface area (Å²) in [5.74, 6) is 1.10. The van der Waals surface area contributed by atoms with Crippen molar-refractivity contribution in [1.29, 1.82) is 0 Å². The zero-order valence-electron chi connectivity index (χ0n) is 16.7. The highest BCUT2D eigenvalue weighted by Gasteiger charge is 2.11. The SMILES string of the molecule is COC(=O)c1cccc(-c2ccc(C=NNC(=O)c3cc(OC)cc(OC)c3)o2)c1. The fourth-order valence-electron chi connectivity index (χ4n) is 2.65. The van der Waals surface area contributed by atoms with E-state index in [2.05, 4.69) is 10.5 Å². The van der Waals surface area contributed by atoms with Crippen LogP contribution in [0.4, 0.5) is 0 Å². The topological polar surface area (TPSA) is 99.4 Å². The molecule has 0 aliphatic heterocycles. The Balaban J connectivity index is 1.69. The molecular weight excluding hydrogens is 388 g/mol. The number of hydrazone groups is 1. The van der Waals surface area contributed by atoms with Gasteiger partial charge in [0.2, 0.25) is 0 Å². The lowest BCUT2D eigenvalue weighted by molar-refractivity contribution is 0.0600. The molecule has 0 aliphatic rings. The summed E-state index contributed by atoms with van der Waals surface area (Å²) in [6.07, 6.45) is 1.38. The van der Waals surface area contributed by atoms with E-state index in [1.54, 1.807) is 48.5 Å². The van der Waals surface area contributed by atoms with Crippen molar-refractivity contribution in [3.63, 3.8) is 0 Å². The second-order valence-electron chi connectivity index (χ2n) is 6.07. The predicted octanol–water partition coefficient (Wildman–Crippen LogP) is 3.51. The summed E-state index contributed by atoms with van der Waals surface area (Å²) in [4.78, 5) is 24.0. The van der Waals surface area contributed by atoms with E-state index in [-0.39, 0.29) is 0 Å². The molecule has 1 heterocycles. The van der Waals surface area contributed by atoms with Gasteiger partial charge in [-0.15, -0.1) is 0 Å². The Hall–Kier alpha value is -4.07. The van der Waals surface area contributed by atoms with Crippen molar-refractivity contribution >= 4 is 18.1 Å². The number of nitrogens with zero attached hydrogens (tertiary/aromatic N) is 1. The molecule has 0 atom stereocenters. The summed E-state index contributed by atoms with van der Waals surface area (Å²) >= 11 is 0. The molecule has 1 aromatic heterocycles. The van der Waals surface area contributed by atoms with Gasteiger partial charge in [-0.25, -0.2) is 10.2 Å². The Morgan fingerprint density at radius 2 is 1.67 bits per heavy atom. The average molecular weight is 408 g/mol. The highest BCUT2D eigenvalue weighted by Crippen LogP contribution is 2.24. The maximum atomic E-state index is 12.3. The smallest absolute Gasteiger partial charge is 0.337 e. The van der Waals surface area contributed by atoms with Crippen molar-refractivity contribution < 1.29 is 28.2 Å². The molecule has 0 unspecified atom stereocenters. The molecule has 0 bridgehead atoms. The van der Waals surface area contributed by atoms with Gasteiger partial charge in [0.25, 0.3) is 5.91 Å². The fraction of sp³-hybridized carbons (Fsp3) is 0.136. The molecule has 0 spiro atoms. The molecule has 0 radical (unpaired) electrons. The van der Waals surface area contributed by atoms with Gasteiger partial charge >= 0.3 is 5.97 Å². The van der Waals surface area contributed by atoms with Gasteiger partial charge < -0.3 is 18.6 Å². The molecule has 154 valence electrons. The van der Waals surface area contributed by atoms with Crippen molar-refractivity contribution in [2.45, 2.75) is 0 Å². The minimum atomic E-state index is -0.430. The minimum Gasteiger partial charge on any atom is -0.497 e. The second-order valence-corrected chi connectivity index (χ2v) is 6.07. The zero-order valence-corrected chi connectivity index (χ0v) is 16.7. The van der Waals surface area contributed by atoms with E-state index < -0.39 is 11.9 Å². The average Bonchev–Trinajstić information content (AvgIpc) is 3.27. The first-order valence-electron chi connectivity index (χ1n) is 8.89. The van der Waals surface area contributed by atoms with E-state index in [0.29, 0.717) is 39.7 Å². The Morgan fingerprint density at radius 3 is 2.33 bits per heavy atom. The van der Waals surface area contributed by atoms with Crippen LogP contribution in [0.5, 0.6) is 11.5 Å². The number of ether oxygens (including phenoxy) is 3. The summed E-state index contributed by atoms with van der Waals surface area (Å²) in [6.45, 7) is 0. The summed E-state index contributed by atoms with van der Waals surface area (Å²) in [5, 5.41) is 3.92. The number of hydrogen-bond donors (Lipinski definition) is 1. The molecule has 0 saturated heterocycles. The van der Waals surface area contributed by atoms with Gasteiger partial charge in [-0.3, -0.25) is 4.79 Å². The number of furan rings is 1. The Labute approximate surface area is 173 Å². The molecule has 1 amide bonds. The summed E-state index contributed by atoms with van der Waals surface area (Å²) in [7, 11) is 4.33. The number of benzene rings is 2. The Kier molecular flexibility index (Phi) is 6.49. The first kappa shape index (κ1) is 20.7. The first-order chi connectivity index (χ1) is 14.5. The number of esters is 1. The normalized spacial score (nSPS) is 10.6. The largest absolute Gasteiger partial charge is 0.497 e. The van der Waals surface area contributed by atoms with Crippen LogP contribution in [0.3, 0.4) is 0 Å². The van der Waals surface area contributed by atoms with Crippen LogP contribution in [0.15, 0.2) is 64.1 Å². The molecule has 3 rings (SSSR count). The van der Waals surface area contributed by atoms with Crippen LogP contribution in [0.25, 0.3) is 11.3 Å². The van der Waals surface area contributed by atoms with E-state index >= 15 is 0 Å². The standard InChI is InChI=1S/C22H20N2O6/c1-27-18-10-16(11-19(12-18)28-2)21(25)24-23-13-17-7-8-20(30-17)14-5-4-6-15(9-14)22(26)29-3/h4-13H,1-3H3,(H,24,25). The lowest BCUT2D eigenvalue weighted by Crippen LogP contribution is -2.17. The van der Waals surface area contributed by atoms with Crippen molar-refractivity contribution in [2.24, 2.45) is 5.10 Å². The van der Waals surface area contributed by atoms with E-state index in [9.17, 15) is 9.59 Å². The number of hydrogen-bond acceptors (Lipinski definition) is 7. The van der Waals surface area contributed by atoms with Crippen LogP contribution in [0.1, 0.15) is 26.5 Å². The van der Waals surface area contributed by atoms with Gasteiger partial charge in [0, 0.05) is 17.2 Å². The van der Waals surface area contributed by atoms with E-state index in [1.165, 1.54) is 27.5 Å². The molecule has 0 fully saturated rings. The number of nitrogens with one attached hydrogen (secondary N) is 1. The fourth-order valence-corrected chi connectivity index (χ4v) is 2.65. The predicted molar refractivity (Wildman–Crippen MR) is 110 cm³/mol. The molecule has 0 aliphatic carbocycles. The highest BCUT2D eigenvalue weighted by atomic mass is 16.5. The lowest BCUT2D eigenvalue weighted by atomic mass is 10.1. The van der Waals surface area contributed by atoms with Gasteiger partial charge in [-0.1, -0.05) is 12.1 Å². The van der Waals surface area contributed by atoms with Crippen LogP contribution in [0.2, 0.25) is 0 Å². The van der Waals surface area contributed by atoms with Gasteiger partial charge in [0.05, 0.1) is 33.1 Å². The molecule has 8 nitrogen and oxygen atoms in total. The molecule has 8 heteroatoms. The molecular formula is C22H20N2O6. The monoisotopic (exact) mass is 408 g/mol. The van der Waals surface area contributed by atoms with E-state index in [4.69, 9.17) is 18.6 Å².